The van der Waals surface area contributed by atoms with Gasteiger partial charge in [0, 0.05) is 13.1 Å². The van der Waals surface area contributed by atoms with E-state index in [9.17, 15) is 18.4 Å². The smallest absolute Gasteiger partial charge is 0.387 e. The van der Waals surface area contributed by atoms with Gasteiger partial charge in [-0.25, -0.2) is 0 Å². The van der Waals surface area contributed by atoms with E-state index < -0.39 is 18.4 Å². The summed E-state index contributed by atoms with van der Waals surface area (Å²) >= 11 is 0. The standard InChI is InChI=1S/C20H21F2N3O3.ClH/c21-20(22)28-17-10-4-1-7-14(17)19(27)25-11-5-6-13(12-25)18(26)24-16-9-3-2-8-15(16)23;/h1-4,7-10,13,20H,5-6,11-12,23H2,(H,24,26);1H. The molecule has 0 aliphatic carbocycles. The van der Waals surface area contributed by atoms with Gasteiger partial charge in [0.25, 0.3) is 5.91 Å². The molecule has 3 N–H and O–H groups in total. The average Bonchev–Trinajstić information content (AvgIpc) is 2.69. The predicted octanol–water partition coefficient (Wildman–Crippen LogP) is 3.78. The van der Waals surface area contributed by atoms with Crippen molar-refractivity contribution >= 4 is 35.6 Å². The molecule has 1 atom stereocenters. The molecule has 0 bridgehead atoms. The summed E-state index contributed by atoms with van der Waals surface area (Å²) in [6, 6.07) is 12.8. The van der Waals surface area contributed by atoms with Crippen LogP contribution in [0.3, 0.4) is 0 Å². The topological polar surface area (TPSA) is 84.7 Å². The van der Waals surface area contributed by atoms with Gasteiger partial charge in [0.05, 0.1) is 22.9 Å². The number of halogens is 3. The first kappa shape index (κ1) is 22.4. The molecule has 2 amide bonds. The SMILES string of the molecule is Cl.Nc1ccccc1NC(=O)C1CCCN(C(=O)c2ccccc2OC(F)F)C1. The Morgan fingerprint density at radius 3 is 2.55 bits per heavy atom. The molecule has 1 saturated heterocycles. The van der Waals surface area contributed by atoms with Crippen molar-refractivity contribution in [2.45, 2.75) is 19.5 Å². The molecule has 0 spiro atoms. The van der Waals surface area contributed by atoms with Crippen LogP contribution in [-0.4, -0.2) is 36.4 Å². The molecule has 1 aliphatic heterocycles. The van der Waals surface area contributed by atoms with E-state index in [0.717, 1.165) is 0 Å². The number of nitrogens with two attached hydrogens (primary N) is 1. The number of anilines is 2. The lowest BCUT2D eigenvalue weighted by Gasteiger charge is -2.32. The zero-order chi connectivity index (χ0) is 20.1. The highest BCUT2D eigenvalue weighted by Crippen LogP contribution is 2.26. The van der Waals surface area contributed by atoms with Gasteiger partial charge in [0.15, 0.2) is 0 Å². The third kappa shape index (κ3) is 5.57. The molecule has 1 aliphatic rings. The van der Waals surface area contributed by atoms with E-state index >= 15 is 0 Å². The summed E-state index contributed by atoms with van der Waals surface area (Å²) in [6.45, 7) is -2.38. The van der Waals surface area contributed by atoms with E-state index in [1.165, 1.54) is 23.1 Å². The summed E-state index contributed by atoms with van der Waals surface area (Å²) in [7, 11) is 0. The molecule has 2 aromatic carbocycles. The predicted molar refractivity (Wildman–Crippen MR) is 108 cm³/mol. The summed E-state index contributed by atoms with van der Waals surface area (Å²) in [5.41, 5.74) is 6.88. The maximum atomic E-state index is 12.8. The number of hydrogen-bond acceptors (Lipinski definition) is 4. The minimum atomic E-state index is -3.02. The summed E-state index contributed by atoms with van der Waals surface area (Å²) in [4.78, 5) is 26.9. The second-order valence-electron chi connectivity index (χ2n) is 6.54. The highest BCUT2D eigenvalue weighted by Gasteiger charge is 2.30. The van der Waals surface area contributed by atoms with Gasteiger partial charge in [-0.3, -0.25) is 9.59 Å². The number of alkyl halides is 2. The number of nitrogen functional groups attached to an aromatic ring is 1. The van der Waals surface area contributed by atoms with E-state index in [1.54, 1.807) is 30.3 Å². The Hall–Kier alpha value is -2.87. The molecule has 156 valence electrons. The Morgan fingerprint density at radius 2 is 1.83 bits per heavy atom. The molecule has 0 saturated carbocycles. The molecule has 1 fully saturated rings. The van der Waals surface area contributed by atoms with Gasteiger partial charge in [0.1, 0.15) is 5.75 Å². The minimum absolute atomic E-state index is 0. The highest BCUT2D eigenvalue weighted by atomic mass is 35.5. The fourth-order valence-electron chi connectivity index (χ4n) is 3.23. The van der Waals surface area contributed by atoms with Crippen LogP contribution in [0.4, 0.5) is 20.2 Å². The van der Waals surface area contributed by atoms with E-state index in [0.29, 0.717) is 30.8 Å². The van der Waals surface area contributed by atoms with Crippen LogP contribution in [0.25, 0.3) is 0 Å². The van der Waals surface area contributed by atoms with Crippen LogP contribution in [0.2, 0.25) is 0 Å². The van der Waals surface area contributed by atoms with Gasteiger partial charge >= 0.3 is 6.61 Å². The Bertz CT molecular complexity index is 866. The number of nitrogens with one attached hydrogen (secondary N) is 1. The number of hydrogen-bond donors (Lipinski definition) is 2. The molecule has 1 heterocycles. The number of carbonyl (C=O) groups is 2. The molecular weight excluding hydrogens is 404 g/mol. The molecule has 3 rings (SSSR count). The monoisotopic (exact) mass is 425 g/mol. The summed E-state index contributed by atoms with van der Waals surface area (Å²) in [5, 5.41) is 2.79. The molecule has 0 aromatic heterocycles. The second kappa shape index (κ2) is 10.1. The third-order valence-corrected chi connectivity index (χ3v) is 4.63. The largest absolute Gasteiger partial charge is 0.434 e. The zero-order valence-corrected chi connectivity index (χ0v) is 16.3. The van der Waals surface area contributed by atoms with Crippen molar-refractivity contribution in [2.24, 2.45) is 5.92 Å². The first-order chi connectivity index (χ1) is 13.5. The van der Waals surface area contributed by atoms with Gasteiger partial charge in [-0.1, -0.05) is 24.3 Å². The zero-order valence-electron chi connectivity index (χ0n) is 15.5. The lowest BCUT2D eigenvalue weighted by Crippen LogP contribution is -2.44. The normalized spacial score (nSPS) is 16.1. The van der Waals surface area contributed by atoms with Crippen molar-refractivity contribution in [2.75, 3.05) is 24.1 Å². The van der Waals surface area contributed by atoms with E-state index in [1.807, 2.05) is 0 Å². The lowest BCUT2D eigenvalue weighted by atomic mass is 9.96. The Balaban J connectivity index is 0.00000300. The Morgan fingerprint density at radius 1 is 1.14 bits per heavy atom. The van der Waals surface area contributed by atoms with Crippen molar-refractivity contribution in [3.8, 4) is 5.75 Å². The Labute approximate surface area is 173 Å². The average molecular weight is 426 g/mol. The highest BCUT2D eigenvalue weighted by molar-refractivity contribution is 5.98. The maximum Gasteiger partial charge on any atom is 0.387 e. The van der Waals surface area contributed by atoms with Crippen molar-refractivity contribution < 1.29 is 23.1 Å². The van der Waals surface area contributed by atoms with Crippen LogP contribution >= 0.6 is 12.4 Å². The number of carbonyl (C=O) groups excluding carboxylic acids is 2. The van der Waals surface area contributed by atoms with Gasteiger partial charge in [-0.2, -0.15) is 8.78 Å². The number of benzene rings is 2. The van der Waals surface area contributed by atoms with Crippen LogP contribution in [0.1, 0.15) is 23.2 Å². The molecule has 29 heavy (non-hydrogen) atoms. The van der Waals surface area contributed by atoms with E-state index in [4.69, 9.17) is 5.73 Å². The number of likely N-dealkylation sites (tertiary alicyclic amines) is 1. The fourth-order valence-corrected chi connectivity index (χ4v) is 3.23. The number of amides is 2. The first-order valence-electron chi connectivity index (χ1n) is 8.94. The van der Waals surface area contributed by atoms with Gasteiger partial charge < -0.3 is 20.7 Å². The van der Waals surface area contributed by atoms with Crippen LogP contribution in [-0.2, 0) is 4.79 Å². The molecular formula is C20H22ClF2N3O3. The van der Waals surface area contributed by atoms with Gasteiger partial charge in [-0.15, -0.1) is 12.4 Å². The number of rotatable bonds is 5. The summed E-state index contributed by atoms with van der Waals surface area (Å²) in [5.74, 6) is -1.26. The second-order valence-corrected chi connectivity index (χ2v) is 6.54. The van der Waals surface area contributed by atoms with Crippen LogP contribution < -0.4 is 15.8 Å². The minimum Gasteiger partial charge on any atom is -0.434 e. The molecule has 0 radical (unpaired) electrons. The number of ether oxygens (including phenoxy) is 1. The van der Waals surface area contributed by atoms with E-state index in [2.05, 4.69) is 10.1 Å². The van der Waals surface area contributed by atoms with Crippen molar-refractivity contribution in [1.82, 2.24) is 4.90 Å². The molecule has 2 aromatic rings. The number of para-hydroxylation sites is 3. The van der Waals surface area contributed by atoms with Crippen LogP contribution in [0.5, 0.6) is 5.75 Å². The van der Waals surface area contributed by atoms with Crippen LogP contribution in [0, 0.1) is 5.92 Å². The van der Waals surface area contributed by atoms with Crippen LogP contribution in [0.15, 0.2) is 48.5 Å². The maximum absolute atomic E-state index is 12.8. The number of nitrogens with zero attached hydrogens (tertiary/aromatic N) is 1. The molecule has 9 heteroatoms. The van der Waals surface area contributed by atoms with Crippen molar-refractivity contribution in [1.29, 1.82) is 0 Å². The van der Waals surface area contributed by atoms with Gasteiger partial charge in [-0.05, 0) is 37.1 Å². The van der Waals surface area contributed by atoms with Crippen molar-refractivity contribution in [3.63, 3.8) is 0 Å². The Kier molecular flexibility index (Phi) is 7.78. The van der Waals surface area contributed by atoms with Gasteiger partial charge in [0.2, 0.25) is 5.91 Å². The van der Waals surface area contributed by atoms with E-state index in [-0.39, 0.29) is 36.2 Å². The summed E-state index contributed by atoms with van der Waals surface area (Å²) < 4.78 is 29.7. The lowest BCUT2D eigenvalue weighted by molar-refractivity contribution is -0.121. The molecule has 1 unspecified atom stereocenters. The molecule has 6 nitrogen and oxygen atoms in total. The number of piperidine rings is 1. The fraction of sp³-hybridized carbons (Fsp3) is 0.300. The first-order valence-corrected chi connectivity index (χ1v) is 8.94. The van der Waals surface area contributed by atoms with Crippen molar-refractivity contribution in [3.05, 3.63) is 54.1 Å². The summed E-state index contributed by atoms with van der Waals surface area (Å²) in [6.07, 6.45) is 1.25. The third-order valence-electron chi connectivity index (χ3n) is 4.63. The quantitative estimate of drug-likeness (QED) is 0.714.